The highest BCUT2D eigenvalue weighted by atomic mass is 16.7. The van der Waals surface area contributed by atoms with Crippen LogP contribution in [0.2, 0.25) is 0 Å². The normalized spacial score (nSPS) is 25.6. The molecule has 2 N–H and O–H groups in total. The van der Waals surface area contributed by atoms with Gasteiger partial charge in [-0.2, -0.15) is 0 Å². The summed E-state index contributed by atoms with van der Waals surface area (Å²) in [6, 6.07) is 58.7. The molecule has 8 rings (SSSR count). The van der Waals surface area contributed by atoms with Crippen LogP contribution in [0.3, 0.4) is 0 Å². The Kier molecular flexibility index (Phi) is 17.4. The Hall–Kier alpha value is -5.12. The Morgan fingerprint density at radius 1 is 0.323 bits per heavy atom. The van der Waals surface area contributed by atoms with E-state index in [1.165, 1.54) is 0 Å². The summed E-state index contributed by atoms with van der Waals surface area (Å²) >= 11 is 0. The van der Waals surface area contributed by atoms with Crippen LogP contribution in [0.15, 0.2) is 182 Å². The van der Waals surface area contributed by atoms with Gasteiger partial charge in [0, 0.05) is 0 Å². The Bertz CT molecular complexity index is 2210. The van der Waals surface area contributed by atoms with E-state index in [2.05, 4.69) is 0 Å². The quantitative estimate of drug-likeness (QED) is 0.0691. The Morgan fingerprint density at radius 2 is 0.677 bits per heavy atom. The van der Waals surface area contributed by atoms with Gasteiger partial charge >= 0.3 is 0 Å². The van der Waals surface area contributed by atoms with Gasteiger partial charge in [0.15, 0.2) is 12.6 Å². The molecule has 2 heterocycles. The summed E-state index contributed by atoms with van der Waals surface area (Å²) in [4.78, 5) is 0. The molecule has 11 heteroatoms. The average Bonchev–Trinajstić information content (AvgIpc) is 3.36. The lowest BCUT2D eigenvalue weighted by atomic mass is 9.97. The van der Waals surface area contributed by atoms with Crippen LogP contribution in [-0.4, -0.2) is 84.8 Å². The van der Waals surface area contributed by atoms with Crippen molar-refractivity contribution >= 4 is 0 Å². The minimum absolute atomic E-state index is 0.0454. The molecular formula is C54H58O11. The molecule has 0 aliphatic carbocycles. The maximum atomic E-state index is 12.0. The fourth-order valence-electron chi connectivity index (χ4n) is 8.02. The van der Waals surface area contributed by atoms with E-state index in [9.17, 15) is 10.2 Å². The SMILES string of the molecule is O[C@@H]1[C@H](OCc2ccccc2)[C@@H](OCc2ccccc2)[C@@H](OC[C@H]2O[C@H](O)[C@H](OCc3ccccc3)[C@@H](OCc3ccccc3)[C@@H]2OCc2ccccc2)O[C@@H]1COCc1ccccc1. The third kappa shape index (κ3) is 13.5. The molecule has 6 aromatic rings. The van der Waals surface area contributed by atoms with E-state index in [1.54, 1.807) is 0 Å². The first-order valence-corrected chi connectivity index (χ1v) is 22.3. The van der Waals surface area contributed by atoms with Crippen molar-refractivity contribution in [3.8, 4) is 0 Å². The first-order chi connectivity index (χ1) is 32.1. The molecule has 0 aromatic heterocycles. The van der Waals surface area contributed by atoms with Crippen molar-refractivity contribution in [3.05, 3.63) is 215 Å². The van der Waals surface area contributed by atoms with Gasteiger partial charge in [0.2, 0.25) is 0 Å². The van der Waals surface area contributed by atoms with Crippen LogP contribution in [0.4, 0.5) is 0 Å². The lowest BCUT2D eigenvalue weighted by Gasteiger charge is -2.46. The fraction of sp³-hybridized carbons (Fsp3) is 0.333. The van der Waals surface area contributed by atoms with Crippen LogP contribution >= 0.6 is 0 Å². The topological polar surface area (TPSA) is 124 Å². The summed E-state index contributed by atoms with van der Waals surface area (Å²) in [5.74, 6) is 0. The van der Waals surface area contributed by atoms with Gasteiger partial charge in [-0.05, 0) is 33.4 Å². The van der Waals surface area contributed by atoms with E-state index < -0.39 is 61.4 Å². The molecular weight excluding hydrogens is 825 g/mol. The summed E-state index contributed by atoms with van der Waals surface area (Å²) in [6.45, 7) is 1.30. The Balaban J connectivity index is 1.07. The minimum atomic E-state index is -1.41. The van der Waals surface area contributed by atoms with Crippen molar-refractivity contribution in [1.29, 1.82) is 0 Å². The van der Waals surface area contributed by atoms with Gasteiger partial charge in [-0.1, -0.05) is 182 Å². The van der Waals surface area contributed by atoms with Gasteiger partial charge < -0.3 is 52.8 Å². The molecule has 340 valence electrons. The molecule has 2 aliphatic rings. The van der Waals surface area contributed by atoms with Gasteiger partial charge in [0.25, 0.3) is 0 Å². The van der Waals surface area contributed by atoms with Gasteiger partial charge in [0.1, 0.15) is 48.8 Å². The molecule has 65 heavy (non-hydrogen) atoms. The molecule has 2 aliphatic heterocycles. The third-order valence-electron chi connectivity index (χ3n) is 11.5. The number of hydrogen-bond acceptors (Lipinski definition) is 11. The standard InChI is InChI=1S/C54H58O11/c55-47-45(37-57-31-39-19-7-1-8-20-39)65-54(52(62-36-44-29-17-6-18-30-44)49(47)59-33-41-23-11-3-12-24-41)63-38-46-48(58-32-40-21-9-2-10-22-40)50(60-34-42-25-13-4-14-26-42)51(53(56)64-46)61-35-43-27-15-5-16-28-43/h1-30,45-56H,31-38H2/t45-,46-,47+,48-,49+,50+,51-,52-,53+,54+/m1/s1. The highest BCUT2D eigenvalue weighted by molar-refractivity contribution is 5.18. The Labute approximate surface area is 381 Å². The fourth-order valence-corrected chi connectivity index (χ4v) is 8.02. The molecule has 0 radical (unpaired) electrons. The van der Waals surface area contributed by atoms with Crippen LogP contribution in [0.1, 0.15) is 33.4 Å². The van der Waals surface area contributed by atoms with Crippen LogP contribution in [0, 0.1) is 0 Å². The number of benzene rings is 6. The van der Waals surface area contributed by atoms with Crippen LogP contribution in [0.25, 0.3) is 0 Å². The zero-order valence-corrected chi connectivity index (χ0v) is 36.3. The highest BCUT2D eigenvalue weighted by Gasteiger charge is 2.51. The van der Waals surface area contributed by atoms with E-state index in [-0.39, 0.29) is 46.2 Å². The largest absolute Gasteiger partial charge is 0.387 e. The molecule has 0 unspecified atom stereocenters. The second kappa shape index (κ2) is 24.4. The highest BCUT2D eigenvalue weighted by Crippen LogP contribution is 2.33. The maximum absolute atomic E-state index is 12.0. The summed E-state index contributed by atoms with van der Waals surface area (Å²) in [7, 11) is 0. The lowest BCUT2D eigenvalue weighted by Crippen LogP contribution is -2.63. The molecule has 2 fully saturated rings. The van der Waals surface area contributed by atoms with Crippen LogP contribution in [0.5, 0.6) is 0 Å². The zero-order valence-electron chi connectivity index (χ0n) is 36.3. The van der Waals surface area contributed by atoms with Gasteiger partial charge in [-0.25, -0.2) is 0 Å². The monoisotopic (exact) mass is 882 g/mol. The second-order valence-electron chi connectivity index (χ2n) is 16.2. The van der Waals surface area contributed by atoms with Crippen molar-refractivity contribution in [1.82, 2.24) is 0 Å². The van der Waals surface area contributed by atoms with Crippen molar-refractivity contribution in [2.24, 2.45) is 0 Å². The van der Waals surface area contributed by atoms with Crippen molar-refractivity contribution in [2.45, 2.75) is 101 Å². The molecule has 2 saturated heterocycles. The number of aliphatic hydroxyl groups is 2. The molecule has 10 atom stereocenters. The van der Waals surface area contributed by atoms with Crippen molar-refractivity contribution in [3.63, 3.8) is 0 Å². The van der Waals surface area contributed by atoms with E-state index in [4.69, 9.17) is 42.6 Å². The predicted molar refractivity (Wildman–Crippen MR) is 243 cm³/mol. The molecule has 0 amide bonds. The van der Waals surface area contributed by atoms with Gasteiger partial charge in [-0.3, -0.25) is 0 Å². The van der Waals surface area contributed by atoms with E-state index >= 15 is 0 Å². The van der Waals surface area contributed by atoms with E-state index in [1.807, 2.05) is 182 Å². The number of rotatable bonds is 22. The number of aliphatic hydroxyl groups excluding tert-OH is 2. The molecule has 0 bridgehead atoms. The first-order valence-electron chi connectivity index (χ1n) is 22.3. The maximum Gasteiger partial charge on any atom is 0.187 e. The minimum Gasteiger partial charge on any atom is -0.387 e. The number of ether oxygens (including phenoxy) is 9. The van der Waals surface area contributed by atoms with Crippen LogP contribution < -0.4 is 0 Å². The Morgan fingerprint density at radius 3 is 1.11 bits per heavy atom. The molecule has 6 aromatic carbocycles. The zero-order chi connectivity index (χ0) is 44.5. The lowest BCUT2D eigenvalue weighted by molar-refractivity contribution is -0.346. The van der Waals surface area contributed by atoms with Gasteiger partial charge in [0.05, 0.1) is 52.9 Å². The summed E-state index contributed by atoms with van der Waals surface area (Å²) in [6.07, 6.45) is -9.73. The smallest absolute Gasteiger partial charge is 0.187 e. The summed E-state index contributed by atoms with van der Waals surface area (Å²) < 4.78 is 59.0. The molecule has 0 saturated carbocycles. The van der Waals surface area contributed by atoms with Crippen molar-refractivity contribution in [2.75, 3.05) is 13.2 Å². The second-order valence-corrected chi connectivity index (χ2v) is 16.2. The van der Waals surface area contributed by atoms with E-state index in [0.717, 1.165) is 33.4 Å². The molecule has 0 spiro atoms. The first kappa shape index (κ1) is 46.4. The summed E-state index contributed by atoms with van der Waals surface area (Å²) in [5.41, 5.74) is 5.64. The molecule has 11 nitrogen and oxygen atoms in total. The predicted octanol–water partition coefficient (Wildman–Crippen LogP) is 7.95. The van der Waals surface area contributed by atoms with Gasteiger partial charge in [-0.15, -0.1) is 0 Å². The average molecular weight is 883 g/mol. The summed E-state index contributed by atoms with van der Waals surface area (Å²) in [5, 5.41) is 23.8. The third-order valence-corrected chi connectivity index (χ3v) is 11.5. The van der Waals surface area contributed by atoms with E-state index in [0.29, 0.717) is 6.61 Å². The van der Waals surface area contributed by atoms with Crippen LogP contribution in [-0.2, 0) is 82.3 Å². The van der Waals surface area contributed by atoms with Crippen molar-refractivity contribution < 1.29 is 52.8 Å². The number of hydrogen-bond donors (Lipinski definition) is 2.